The number of hydrogen-bond acceptors (Lipinski definition) is 5. The number of fused-ring (bicyclic) bond motifs is 1. The Hall–Kier alpha value is -3.58. The van der Waals surface area contributed by atoms with Crippen LogP contribution in [0.2, 0.25) is 5.02 Å². The zero-order valence-corrected chi connectivity index (χ0v) is 19.4. The largest absolute Gasteiger partial charge is 0.455 e. The molecule has 1 aliphatic rings. The summed E-state index contributed by atoms with van der Waals surface area (Å²) in [6.07, 6.45) is 1.41. The average molecular weight is 465 g/mol. The second-order valence-corrected chi connectivity index (χ2v) is 9.26. The fourth-order valence-electron chi connectivity index (χ4n) is 3.91. The lowest BCUT2D eigenvalue weighted by Gasteiger charge is -2.29. The molecule has 0 aliphatic heterocycles. The number of nitrogens with zero attached hydrogens (tertiary/aromatic N) is 1. The van der Waals surface area contributed by atoms with Gasteiger partial charge in [0.2, 0.25) is 0 Å². The number of carbonyl (C=O) groups excluding carboxylic acids is 2. The number of hydrazone groups is 1. The van der Waals surface area contributed by atoms with Gasteiger partial charge in [-0.05, 0) is 55.2 Å². The molecule has 0 spiro atoms. The molecule has 2 aromatic carbocycles. The SMILES string of the molecule is Cc1c(C(=O)NNC(=O)c2ccc(Cl)cc2)oc2c1/C(=N\Nc1ccccc1)CC(C)(C)C2. The van der Waals surface area contributed by atoms with E-state index in [1.807, 2.05) is 37.3 Å². The number of carbonyl (C=O) groups is 2. The van der Waals surface area contributed by atoms with Gasteiger partial charge in [0.1, 0.15) is 5.76 Å². The molecule has 4 rings (SSSR count). The fourth-order valence-corrected chi connectivity index (χ4v) is 4.04. The third-order valence-corrected chi connectivity index (χ3v) is 5.74. The van der Waals surface area contributed by atoms with E-state index in [1.54, 1.807) is 24.3 Å². The quantitative estimate of drug-likeness (QED) is 0.468. The first-order valence-corrected chi connectivity index (χ1v) is 11.0. The van der Waals surface area contributed by atoms with E-state index in [-0.39, 0.29) is 11.2 Å². The fraction of sp³-hybridized carbons (Fsp3) is 0.240. The number of hydrogen-bond donors (Lipinski definition) is 3. The highest BCUT2D eigenvalue weighted by atomic mass is 35.5. The molecular weight excluding hydrogens is 440 g/mol. The Morgan fingerprint density at radius 1 is 0.970 bits per heavy atom. The molecule has 0 radical (unpaired) electrons. The second kappa shape index (κ2) is 9.11. The molecule has 0 atom stereocenters. The predicted octanol–water partition coefficient (Wildman–Crippen LogP) is 5.10. The molecule has 33 heavy (non-hydrogen) atoms. The summed E-state index contributed by atoms with van der Waals surface area (Å²) in [6, 6.07) is 16.0. The number of hydrazine groups is 1. The molecule has 2 amide bonds. The molecule has 0 saturated heterocycles. The third-order valence-electron chi connectivity index (χ3n) is 5.49. The smallest absolute Gasteiger partial charge is 0.305 e. The first-order chi connectivity index (χ1) is 15.7. The van der Waals surface area contributed by atoms with Crippen molar-refractivity contribution < 1.29 is 14.0 Å². The number of furan rings is 1. The number of nitrogens with one attached hydrogen (secondary N) is 3. The van der Waals surface area contributed by atoms with Crippen LogP contribution in [0.5, 0.6) is 0 Å². The van der Waals surface area contributed by atoms with E-state index >= 15 is 0 Å². The molecule has 0 saturated carbocycles. The minimum absolute atomic E-state index is 0.0783. The van der Waals surface area contributed by atoms with Crippen molar-refractivity contribution >= 4 is 34.8 Å². The molecule has 0 unspecified atom stereocenters. The number of benzene rings is 2. The summed E-state index contributed by atoms with van der Waals surface area (Å²) in [5.41, 5.74) is 11.5. The maximum absolute atomic E-state index is 12.8. The van der Waals surface area contributed by atoms with Crippen LogP contribution in [0.3, 0.4) is 0 Å². The van der Waals surface area contributed by atoms with Crippen molar-refractivity contribution in [2.24, 2.45) is 10.5 Å². The molecule has 7 nitrogen and oxygen atoms in total. The highest BCUT2D eigenvalue weighted by Crippen LogP contribution is 2.39. The summed E-state index contributed by atoms with van der Waals surface area (Å²) in [4.78, 5) is 25.1. The second-order valence-electron chi connectivity index (χ2n) is 8.82. The lowest BCUT2D eigenvalue weighted by atomic mass is 9.75. The van der Waals surface area contributed by atoms with Gasteiger partial charge in [-0.2, -0.15) is 5.10 Å². The van der Waals surface area contributed by atoms with Crippen molar-refractivity contribution in [3.63, 3.8) is 0 Å². The van der Waals surface area contributed by atoms with E-state index in [0.29, 0.717) is 28.3 Å². The van der Waals surface area contributed by atoms with Gasteiger partial charge in [-0.15, -0.1) is 0 Å². The highest BCUT2D eigenvalue weighted by molar-refractivity contribution is 6.30. The van der Waals surface area contributed by atoms with Crippen molar-refractivity contribution in [2.45, 2.75) is 33.6 Å². The van der Waals surface area contributed by atoms with E-state index in [9.17, 15) is 9.59 Å². The van der Waals surface area contributed by atoms with Crippen LogP contribution in [0, 0.1) is 12.3 Å². The first-order valence-electron chi connectivity index (χ1n) is 10.6. The number of amides is 2. The number of halogens is 1. The zero-order valence-electron chi connectivity index (χ0n) is 18.7. The van der Waals surface area contributed by atoms with Gasteiger partial charge in [0.25, 0.3) is 5.91 Å². The van der Waals surface area contributed by atoms with Crippen molar-refractivity contribution in [1.82, 2.24) is 10.9 Å². The maximum Gasteiger partial charge on any atom is 0.305 e. The number of rotatable bonds is 4. The Morgan fingerprint density at radius 2 is 1.64 bits per heavy atom. The molecule has 0 fully saturated rings. The van der Waals surface area contributed by atoms with Gasteiger partial charge in [-0.3, -0.25) is 25.9 Å². The van der Waals surface area contributed by atoms with Crippen LogP contribution < -0.4 is 16.3 Å². The summed E-state index contributed by atoms with van der Waals surface area (Å²) >= 11 is 5.85. The summed E-state index contributed by atoms with van der Waals surface area (Å²) in [5.74, 6) is -0.116. The molecule has 1 aliphatic carbocycles. The summed E-state index contributed by atoms with van der Waals surface area (Å²) < 4.78 is 5.98. The number of para-hydroxylation sites is 1. The Morgan fingerprint density at radius 3 is 2.33 bits per heavy atom. The first kappa shape index (κ1) is 22.6. The monoisotopic (exact) mass is 464 g/mol. The van der Waals surface area contributed by atoms with Gasteiger partial charge in [0, 0.05) is 28.1 Å². The van der Waals surface area contributed by atoms with Crippen molar-refractivity contribution in [2.75, 3.05) is 5.43 Å². The van der Waals surface area contributed by atoms with E-state index in [1.165, 1.54) is 0 Å². The highest BCUT2D eigenvalue weighted by Gasteiger charge is 2.36. The van der Waals surface area contributed by atoms with Crippen LogP contribution >= 0.6 is 11.6 Å². The zero-order chi connectivity index (χ0) is 23.6. The molecule has 0 bridgehead atoms. The average Bonchev–Trinajstić information content (AvgIpc) is 3.11. The van der Waals surface area contributed by atoms with Gasteiger partial charge >= 0.3 is 5.91 Å². The molecular formula is C25H25ClN4O3. The van der Waals surface area contributed by atoms with E-state index in [4.69, 9.17) is 16.0 Å². The summed E-state index contributed by atoms with van der Waals surface area (Å²) in [5, 5.41) is 5.16. The van der Waals surface area contributed by atoms with Crippen LogP contribution in [0.15, 0.2) is 64.1 Å². The van der Waals surface area contributed by atoms with E-state index in [2.05, 4.69) is 35.2 Å². The molecule has 8 heteroatoms. The van der Waals surface area contributed by atoms with Gasteiger partial charge in [-0.25, -0.2) is 0 Å². The lowest BCUT2D eigenvalue weighted by Crippen LogP contribution is -2.41. The molecule has 1 aromatic heterocycles. The van der Waals surface area contributed by atoms with Crippen LogP contribution in [-0.2, 0) is 6.42 Å². The van der Waals surface area contributed by atoms with Gasteiger partial charge in [-0.1, -0.05) is 43.6 Å². The van der Waals surface area contributed by atoms with Gasteiger partial charge < -0.3 is 4.42 Å². The molecule has 1 heterocycles. The van der Waals surface area contributed by atoms with Crippen LogP contribution in [-0.4, -0.2) is 17.5 Å². The van der Waals surface area contributed by atoms with Crippen LogP contribution in [0.4, 0.5) is 5.69 Å². The minimum atomic E-state index is -0.530. The van der Waals surface area contributed by atoms with Crippen molar-refractivity contribution in [3.8, 4) is 0 Å². The molecule has 3 aromatic rings. The number of anilines is 1. The lowest BCUT2D eigenvalue weighted by molar-refractivity contribution is 0.0828. The third kappa shape index (κ3) is 5.09. The Kier molecular flexibility index (Phi) is 6.24. The molecule has 3 N–H and O–H groups in total. The summed E-state index contributed by atoms with van der Waals surface area (Å²) in [6.45, 7) is 6.10. The topological polar surface area (TPSA) is 95.7 Å². The van der Waals surface area contributed by atoms with Gasteiger partial charge in [0.05, 0.1) is 11.4 Å². The van der Waals surface area contributed by atoms with Crippen molar-refractivity contribution in [1.29, 1.82) is 0 Å². The Balaban J connectivity index is 1.55. The minimum Gasteiger partial charge on any atom is -0.455 e. The van der Waals surface area contributed by atoms with Crippen LogP contribution in [0.25, 0.3) is 0 Å². The van der Waals surface area contributed by atoms with Crippen LogP contribution in [0.1, 0.15) is 58.1 Å². The standard InChI is InChI=1S/C25H25ClN4O3/c1-15-21-19(28-27-18-7-5-4-6-8-18)13-25(2,3)14-20(21)33-22(15)24(32)30-29-23(31)16-9-11-17(26)12-10-16/h4-12,27H,13-14H2,1-3H3,(H,29,31)(H,30,32)/b28-19-. The Bertz CT molecular complexity index is 1210. The van der Waals surface area contributed by atoms with Gasteiger partial charge in [0.15, 0.2) is 5.76 Å². The molecule has 170 valence electrons. The van der Waals surface area contributed by atoms with Crippen molar-refractivity contribution in [3.05, 3.63) is 87.8 Å². The maximum atomic E-state index is 12.8. The Labute approximate surface area is 197 Å². The van der Waals surface area contributed by atoms with E-state index in [0.717, 1.165) is 23.4 Å². The predicted molar refractivity (Wildman–Crippen MR) is 129 cm³/mol. The summed E-state index contributed by atoms with van der Waals surface area (Å²) in [7, 11) is 0. The normalized spacial score (nSPS) is 15.6. The van der Waals surface area contributed by atoms with E-state index < -0.39 is 11.8 Å².